The number of phenols is 1. The molecule has 0 aliphatic carbocycles. The zero-order valence-corrected chi connectivity index (χ0v) is 25.8. The number of nitrogens with one attached hydrogen (secondary N) is 1. The van der Waals surface area contributed by atoms with Crippen LogP contribution in [0.3, 0.4) is 0 Å². The summed E-state index contributed by atoms with van der Waals surface area (Å²) in [5.41, 5.74) is -0.301. The van der Waals surface area contributed by atoms with Crippen molar-refractivity contribution in [3.05, 3.63) is 60.7 Å². The molecule has 0 aliphatic rings. The molecule has 2 aromatic rings. The van der Waals surface area contributed by atoms with Crippen LogP contribution in [0.25, 0.3) is 4.98 Å². The van der Waals surface area contributed by atoms with E-state index in [4.69, 9.17) is 14.9 Å². The normalized spacial score (nSPS) is 12.2. The van der Waals surface area contributed by atoms with E-state index >= 15 is 0 Å². The number of rotatable bonds is 9. The lowest BCUT2D eigenvalue weighted by Crippen LogP contribution is -2.49. The van der Waals surface area contributed by atoms with Gasteiger partial charge in [-0.3, -0.25) is 4.79 Å². The fraction of sp³-hybridized carbons (Fsp3) is 0.200. The van der Waals surface area contributed by atoms with Crippen LogP contribution >= 0.6 is 90.4 Å². The van der Waals surface area contributed by atoms with E-state index in [1.165, 1.54) is 6.92 Å². The second-order valence-corrected chi connectivity index (χ2v) is 11.1. The average molecular weight is 917 g/mol. The second kappa shape index (κ2) is 13.1. The number of hydrogen-bond acceptors (Lipinski definition) is 8. The summed E-state index contributed by atoms with van der Waals surface area (Å²) in [5, 5.41) is 42.4. The molecule has 0 saturated carbocycles. The Morgan fingerprint density at radius 2 is 1.68 bits per heavy atom. The van der Waals surface area contributed by atoms with Crippen LogP contribution in [-0.4, -0.2) is 34.7 Å². The Kier molecular flexibility index (Phi) is 11.1. The number of amides is 1. The summed E-state index contributed by atoms with van der Waals surface area (Å²) >= 11 is 8.10. The molecule has 0 unspecified atom stereocenters. The van der Waals surface area contributed by atoms with Crippen molar-refractivity contribution < 1.29 is 34.4 Å². The van der Waals surface area contributed by atoms with Gasteiger partial charge in [-0.2, -0.15) is 0 Å². The van der Waals surface area contributed by atoms with Crippen molar-refractivity contribution in [2.75, 3.05) is 6.61 Å². The first-order chi connectivity index (χ1) is 16.0. The minimum absolute atomic E-state index is 0.00418. The minimum Gasteiger partial charge on any atom is -0.548 e. The van der Waals surface area contributed by atoms with Gasteiger partial charge in [0.15, 0.2) is 10.7 Å². The smallest absolute Gasteiger partial charge is 0.527 e. The number of nitrogens with zero attached hydrogens (tertiary/aromatic N) is 2. The van der Waals surface area contributed by atoms with Gasteiger partial charge in [-0.25, -0.2) is 0 Å². The molecule has 14 heteroatoms. The van der Waals surface area contributed by atoms with Gasteiger partial charge in [0.25, 0.3) is 0 Å². The summed E-state index contributed by atoms with van der Waals surface area (Å²) in [4.78, 5) is 26.6. The number of carboxylic acid groups (broad SMARTS) is 1. The Bertz CT molecular complexity index is 1150. The maximum atomic E-state index is 12.3. The van der Waals surface area contributed by atoms with E-state index < -0.39 is 29.6 Å². The number of aliphatic carboxylic acids is 1. The number of aromatic hydroxyl groups is 1. The fourth-order valence-electron chi connectivity index (χ4n) is 2.59. The van der Waals surface area contributed by atoms with Gasteiger partial charge < -0.3 is 34.9 Å². The van der Waals surface area contributed by atoms with E-state index in [1.54, 1.807) is 24.3 Å². The van der Waals surface area contributed by atoms with Crippen LogP contribution in [0.5, 0.6) is 17.2 Å². The predicted octanol–water partition coefficient (Wildman–Crippen LogP) is 4.00. The summed E-state index contributed by atoms with van der Waals surface area (Å²) in [6, 6.07) is 5.28. The number of carbonyl (C=O) groups excluding carboxylic acids is 2. The molecule has 0 heterocycles. The Hall–Kier alpha value is -1.34. The molecule has 0 radical (unpaired) electrons. The van der Waals surface area contributed by atoms with Gasteiger partial charge in [0, 0.05) is 0 Å². The third kappa shape index (κ3) is 7.58. The van der Waals surface area contributed by atoms with Crippen molar-refractivity contribution in [2.24, 2.45) is 0 Å². The molecule has 0 fully saturated rings. The van der Waals surface area contributed by atoms with Gasteiger partial charge in [0.1, 0.15) is 11.5 Å². The maximum Gasteiger partial charge on any atom is 0.527 e. The number of halogens is 4. The molecular formula is C20H15I4N3O7. The number of ether oxygens (including phenoxy) is 2. The number of benzene rings is 2. The number of carbonyl (C=O) groups is 2. The third-order valence-electron chi connectivity index (χ3n) is 4.10. The summed E-state index contributed by atoms with van der Waals surface area (Å²) in [5.74, 6) is -2.42. The fourth-order valence-corrected chi connectivity index (χ4v) is 6.42. The molecule has 1 amide bonds. The molecule has 0 spiro atoms. The van der Waals surface area contributed by atoms with Crippen LogP contribution in [0.4, 0.5) is 0 Å². The van der Waals surface area contributed by atoms with E-state index in [2.05, 4.69) is 10.3 Å². The lowest BCUT2D eigenvalue weighted by atomic mass is 10.1. The number of aliphatic hydroxyl groups is 1. The monoisotopic (exact) mass is 917 g/mol. The summed E-state index contributed by atoms with van der Waals surface area (Å²) in [7, 11) is 0. The van der Waals surface area contributed by atoms with E-state index in [-0.39, 0.29) is 18.8 Å². The van der Waals surface area contributed by atoms with Gasteiger partial charge in [0.05, 0.1) is 32.9 Å². The Balaban J connectivity index is 2.27. The molecule has 10 nitrogen and oxygen atoms in total. The van der Waals surface area contributed by atoms with Crippen molar-refractivity contribution in [2.45, 2.75) is 19.4 Å². The van der Waals surface area contributed by atoms with Gasteiger partial charge in [-0.1, -0.05) is 0 Å². The van der Waals surface area contributed by atoms with Gasteiger partial charge >= 0.3 is 17.5 Å². The molecule has 2 rings (SSSR count). The number of hydrogen-bond donors (Lipinski definition) is 3. The summed E-state index contributed by atoms with van der Waals surface area (Å²) in [6.07, 6.45) is -0.149. The molecule has 180 valence electrons. The van der Waals surface area contributed by atoms with Crippen LogP contribution in [0.2, 0.25) is 0 Å². The quantitative estimate of drug-likeness (QED) is 0.148. The molecule has 34 heavy (non-hydrogen) atoms. The van der Waals surface area contributed by atoms with E-state index in [0.29, 0.717) is 31.3 Å². The molecule has 1 atom stereocenters. The zero-order valence-electron chi connectivity index (χ0n) is 17.1. The van der Waals surface area contributed by atoms with Crippen molar-refractivity contribution in [3.8, 4) is 17.2 Å². The largest absolute Gasteiger partial charge is 0.548 e. The van der Waals surface area contributed by atoms with E-state index in [1.807, 2.05) is 90.4 Å². The number of carboxylic acids is 1. The highest BCUT2D eigenvalue weighted by atomic mass is 127. The Labute approximate surface area is 248 Å². The first kappa shape index (κ1) is 28.9. The molecule has 0 bridgehead atoms. The molecule has 0 saturated heterocycles. The first-order valence-corrected chi connectivity index (χ1v) is 13.6. The molecule has 3 N–H and O–H groups in total. The predicted molar refractivity (Wildman–Crippen MR) is 152 cm³/mol. The minimum atomic E-state index is -1.57. The van der Waals surface area contributed by atoms with Crippen LogP contribution in [0.1, 0.15) is 12.5 Å². The second-order valence-electron chi connectivity index (χ2n) is 6.46. The lowest BCUT2D eigenvalue weighted by Gasteiger charge is -2.19. The zero-order chi connectivity index (χ0) is 25.6. The third-order valence-corrected chi connectivity index (χ3v) is 7.34. The van der Waals surface area contributed by atoms with Crippen molar-refractivity contribution in [1.29, 1.82) is 5.39 Å². The number of diazo groups is 1. The average Bonchev–Trinajstić information content (AvgIpc) is 2.74. The molecule has 2 aromatic carbocycles. The van der Waals surface area contributed by atoms with Gasteiger partial charge in [-0.15, -0.1) is 0 Å². The number of aliphatic hydroxyl groups excluding tert-OH is 1. The van der Waals surface area contributed by atoms with Crippen molar-refractivity contribution in [3.63, 3.8) is 0 Å². The van der Waals surface area contributed by atoms with Crippen LogP contribution < -0.4 is 15.2 Å². The standard InChI is InChI=1S/C20H15I4N3O7/c1-2-33-20(32)15(27-25)18(29)26-14(19(30)31)5-8-3-12(23)17(13(24)4-8)34-9-6-10(21)16(28)11(22)7-9/h3-4,6-7,14H,2,5H2,1H3,(H3-,26,28,29,30,31,32)/t14-/m0/s1. The van der Waals surface area contributed by atoms with Crippen LogP contribution in [0, 0.1) is 19.7 Å². The molecular weight excluding hydrogens is 902 g/mol. The Morgan fingerprint density at radius 3 is 2.15 bits per heavy atom. The topological polar surface area (TPSA) is 156 Å². The summed E-state index contributed by atoms with van der Waals surface area (Å²) < 4.78 is 13.3. The lowest BCUT2D eigenvalue weighted by molar-refractivity contribution is -0.308. The highest BCUT2D eigenvalue weighted by Gasteiger charge is 2.33. The SMILES string of the molecule is CCO/C(O)=C(\[N+]#N)C(=O)N[C@@H](Cc1cc(I)c(Oc2cc(I)c(O)c(I)c2)c(I)c1)C(=O)[O-]. The summed E-state index contributed by atoms with van der Waals surface area (Å²) in [6.45, 7) is 1.53. The van der Waals surface area contributed by atoms with E-state index in [9.17, 15) is 24.9 Å². The van der Waals surface area contributed by atoms with Crippen molar-refractivity contribution in [1.82, 2.24) is 5.32 Å². The molecule has 0 aromatic heterocycles. The van der Waals surface area contributed by atoms with Crippen molar-refractivity contribution >= 4 is 102 Å². The highest BCUT2D eigenvalue weighted by molar-refractivity contribution is 14.1. The van der Waals surface area contributed by atoms with Crippen LogP contribution in [-0.2, 0) is 20.7 Å². The molecule has 0 aliphatic heterocycles. The van der Waals surface area contributed by atoms with Crippen LogP contribution in [0.15, 0.2) is 35.9 Å². The van der Waals surface area contributed by atoms with E-state index in [0.717, 1.165) is 0 Å². The Morgan fingerprint density at radius 1 is 1.12 bits per heavy atom. The van der Waals surface area contributed by atoms with Gasteiger partial charge in [0.2, 0.25) is 5.39 Å². The first-order valence-electron chi connectivity index (χ1n) is 9.25. The van der Waals surface area contributed by atoms with Gasteiger partial charge in [-0.05, 0) is 134 Å². The highest BCUT2D eigenvalue weighted by Crippen LogP contribution is 2.37. The number of phenolic OH excluding ortho intramolecular Hbond substituents is 1. The maximum absolute atomic E-state index is 12.3.